The van der Waals surface area contributed by atoms with Gasteiger partial charge in [-0.25, -0.2) is 0 Å². The second-order valence-electron chi connectivity index (χ2n) is 6.31. The third-order valence-electron chi connectivity index (χ3n) is 3.53. The summed E-state index contributed by atoms with van der Waals surface area (Å²) in [5.41, 5.74) is 8.29. The standard InChI is InChI=1S/C18H24N2O/c1-5-16(19)17-11-10-15(12-20-17)21-14-8-6-13(7-9-14)18(2,3)4/h6-12,16H,5,19H2,1-4H3. The van der Waals surface area contributed by atoms with Gasteiger partial charge in [-0.05, 0) is 41.7 Å². The Morgan fingerprint density at radius 3 is 2.14 bits per heavy atom. The normalized spacial score (nSPS) is 13.0. The molecule has 2 aromatic rings. The van der Waals surface area contributed by atoms with Crippen molar-refractivity contribution in [3.63, 3.8) is 0 Å². The smallest absolute Gasteiger partial charge is 0.145 e. The fourth-order valence-electron chi connectivity index (χ4n) is 2.04. The number of pyridine rings is 1. The van der Waals surface area contributed by atoms with Gasteiger partial charge in [-0.1, -0.05) is 39.8 Å². The second kappa shape index (κ2) is 6.27. The molecule has 0 saturated heterocycles. The largest absolute Gasteiger partial charge is 0.456 e. The van der Waals surface area contributed by atoms with E-state index in [-0.39, 0.29) is 11.5 Å². The van der Waals surface area contributed by atoms with Gasteiger partial charge in [0, 0.05) is 6.04 Å². The number of nitrogens with zero attached hydrogens (tertiary/aromatic N) is 1. The van der Waals surface area contributed by atoms with Gasteiger partial charge in [0.1, 0.15) is 11.5 Å². The molecule has 0 fully saturated rings. The molecule has 2 rings (SSSR count). The molecule has 2 N–H and O–H groups in total. The van der Waals surface area contributed by atoms with Crippen LogP contribution in [-0.2, 0) is 5.41 Å². The maximum absolute atomic E-state index is 5.95. The van der Waals surface area contributed by atoms with Crippen molar-refractivity contribution in [2.75, 3.05) is 0 Å². The predicted octanol–water partition coefficient (Wildman–Crippen LogP) is 4.58. The third-order valence-corrected chi connectivity index (χ3v) is 3.53. The van der Waals surface area contributed by atoms with Gasteiger partial charge in [0.25, 0.3) is 0 Å². The summed E-state index contributed by atoms with van der Waals surface area (Å²) in [6.07, 6.45) is 2.60. The number of hydrogen-bond acceptors (Lipinski definition) is 3. The SMILES string of the molecule is CCC(N)c1ccc(Oc2ccc(C(C)(C)C)cc2)cn1. The van der Waals surface area contributed by atoms with Crippen LogP contribution in [0.4, 0.5) is 0 Å². The second-order valence-corrected chi connectivity index (χ2v) is 6.31. The van der Waals surface area contributed by atoms with Crippen LogP contribution in [0.5, 0.6) is 11.5 Å². The molecule has 1 aromatic heterocycles. The highest BCUT2D eigenvalue weighted by Gasteiger charge is 2.13. The zero-order chi connectivity index (χ0) is 15.5. The number of nitrogens with two attached hydrogens (primary N) is 1. The molecule has 0 radical (unpaired) electrons. The van der Waals surface area contributed by atoms with Crippen molar-refractivity contribution < 1.29 is 4.74 Å². The molecule has 1 aromatic carbocycles. The topological polar surface area (TPSA) is 48.1 Å². The predicted molar refractivity (Wildman–Crippen MR) is 86.7 cm³/mol. The Bertz CT molecular complexity index is 568. The van der Waals surface area contributed by atoms with Gasteiger partial charge in [0.05, 0.1) is 11.9 Å². The van der Waals surface area contributed by atoms with Gasteiger partial charge in [0.2, 0.25) is 0 Å². The molecular formula is C18H24N2O. The van der Waals surface area contributed by atoms with Gasteiger partial charge >= 0.3 is 0 Å². The number of ether oxygens (including phenoxy) is 1. The average molecular weight is 284 g/mol. The van der Waals surface area contributed by atoms with Crippen molar-refractivity contribution in [2.45, 2.75) is 45.6 Å². The molecule has 0 aliphatic carbocycles. The lowest BCUT2D eigenvalue weighted by Crippen LogP contribution is -2.10. The summed E-state index contributed by atoms with van der Waals surface area (Å²) in [5, 5.41) is 0. The van der Waals surface area contributed by atoms with Crippen LogP contribution in [0.15, 0.2) is 42.6 Å². The highest BCUT2D eigenvalue weighted by atomic mass is 16.5. The summed E-state index contributed by atoms with van der Waals surface area (Å²) in [5.74, 6) is 1.54. The first-order chi connectivity index (χ1) is 9.90. The molecule has 0 aliphatic rings. The molecule has 3 nitrogen and oxygen atoms in total. The monoisotopic (exact) mass is 284 g/mol. The lowest BCUT2D eigenvalue weighted by Gasteiger charge is -2.19. The third kappa shape index (κ3) is 4.05. The molecule has 1 heterocycles. The van der Waals surface area contributed by atoms with Crippen molar-refractivity contribution in [3.05, 3.63) is 53.9 Å². The highest BCUT2D eigenvalue weighted by molar-refractivity contribution is 5.34. The number of aromatic nitrogens is 1. The van der Waals surface area contributed by atoms with Gasteiger partial charge < -0.3 is 10.5 Å². The fourth-order valence-corrected chi connectivity index (χ4v) is 2.04. The summed E-state index contributed by atoms with van der Waals surface area (Å²) in [6, 6.07) is 12.0. The number of rotatable bonds is 4. The first-order valence-corrected chi connectivity index (χ1v) is 7.40. The quantitative estimate of drug-likeness (QED) is 0.893. The van der Waals surface area contributed by atoms with E-state index in [4.69, 9.17) is 10.5 Å². The molecule has 3 heteroatoms. The first kappa shape index (κ1) is 15.5. The molecule has 1 atom stereocenters. The lowest BCUT2D eigenvalue weighted by atomic mass is 9.87. The minimum absolute atomic E-state index is 0.00915. The zero-order valence-electron chi connectivity index (χ0n) is 13.3. The van der Waals surface area contributed by atoms with Gasteiger partial charge in [0.15, 0.2) is 0 Å². The molecule has 1 unspecified atom stereocenters. The lowest BCUT2D eigenvalue weighted by molar-refractivity contribution is 0.478. The molecule has 21 heavy (non-hydrogen) atoms. The van der Waals surface area contributed by atoms with E-state index < -0.39 is 0 Å². The minimum Gasteiger partial charge on any atom is -0.456 e. The van der Waals surface area contributed by atoms with Crippen LogP contribution in [0.25, 0.3) is 0 Å². The van der Waals surface area contributed by atoms with Crippen molar-refractivity contribution in [2.24, 2.45) is 5.73 Å². The average Bonchev–Trinajstić information content (AvgIpc) is 2.47. The minimum atomic E-state index is -0.00915. The van der Waals surface area contributed by atoms with Crippen molar-refractivity contribution in [1.29, 1.82) is 0 Å². The summed E-state index contributed by atoms with van der Waals surface area (Å²) in [6.45, 7) is 8.64. The zero-order valence-corrected chi connectivity index (χ0v) is 13.3. The van der Waals surface area contributed by atoms with Crippen molar-refractivity contribution >= 4 is 0 Å². The van der Waals surface area contributed by atoms with Crippen molar-refractivity contribution in [1.82, 2.24) is 4.98 Å². The first-order valence-electron chi connectivity index (χ1n) is 7.40. The van der Waals surface area contributed by atoms with Crippen molar-refractivity contribution in [3.8, 4) is 11.5 Å². The van der Waals surface area contributed by atoms with Crippen LogP contribution in [0.2, 0.25) is 0 Å². The van der Waals surface area contributed by atoms with Crippen LogP contribution in [0, 0.1) is 0 Å². The molecule has 0 bridgehead atoms. The van der Waals surface area contributed by atoms with Crippen LogP contribution in [-0.4, -0.2) is 4.98 Å². The van der Waals surface area contributed by atoms with E-state index in [9.17, 15) is 0 Å². The molecule has 0 aliphatic heterocycles. The molecule has 0 spiro atoms. The van der Waals surface area contributed by atoms with Gasteiger partial charge in [-0.15, -0.1) is 0 Å². The molecular weight excluding hydrogens is 260 g/mol. The van der Waals surface area contributed by atoms with E-state index in [0.29, 0.717) is 0 Å². The maximum Gasteiger partial charge on any atom is 0.145 e. The summed E-state index contributed by atoms with van der Waals surface area (Å²) in [4.78, 5) is 4.35. The van der Waals surface area contributed by atoms with E-state index in [2.05, 4.69) is 37.9 Å². The van der Waals surface area contributed by atoms with E-state index in [0.717, 1.165) is 23.6 Å². The Balaban J connectivity index is 2.08. The Labute approximate surface area is 127 Å². The van der Waals surface area contributed by atoms with Crippen LogP contribution >= 0.6 is 0 Å². The van der Waals surface area contributed by atoms with Gasteiger partial charge in [-0.3, -0.25) is 4.98 Å². The fraction of sp³-hybridized carbons (Fsp3) is 0.389. The molecule has 112 valence electrons. The van der Waals surface area contributed by atoms with E-state index in [1.807, 2.05) is 31.2 Å². The highest BCUT2D eigenvalue weighted by Crippen LogP contribution is 2.27. The summed E-state index contributed by atoms with van der Waals surface area (Å²) < 4.78 is 5.81. The molecule has 0 saturated carbocycles. The Hall–Kier alpha value is -1.87. The summed E-state index contributed by atoms with van der Waals surface area (Å²) >= 11 is 0. The molecule has 0 amide bonds. The van der Waals surface area contributed by atoms with Crippen LogP contribution in [0.1, 0.15) is 51.4 Å². The Morgan fingerprint density at radius 1 is 1.05 bits per heavy atom. The van der Waals surface area contributed by atoms with E-state index in [1.54, 1.807) is 6.20 Å². The van der Waals surface area contributed by atoms with E-state index >= 15 is 0 Å². The van der Waals surface area contributed by atoms with Crippen LogP contribution in [0.3, 0.4) is 0 Å². The van der Waals surface area contributed by atoms with Crippen LogP contribution < -0.4 is 10.5 Å². The van der Waals surface area contributed by atoms with E-state index in [1.165, 1.54) is 5.56 Å². The Morgan fingerprint density at radius 2 is 1.67 bits per heavy atom. The number of hydrogen-bond donors (Lipinski definition) is 1. The summed E-state index contributed by atoms with van der Waals surface area (Å²) in [7, 11) is 0. The maximum atomic E-state index is 5.95. The van der Waals surface area contributed by atoms with Gasteiger partial charge in [-0.2, -0.15) is 0 Å². The Kier molecular flexibility index (Phi) is 4.63. The number of benzene rings is 1.